The molecule has 0 bridgehead atoms. The van der Waals surface area contributed by atoms with E-state index in [9.17, 15) is 4.79 Å². The predicted octanol–water partition coefficient (Wildman–Crippen LogP) is 4.00. The maximum atomic E-state index is 12.3. The van der Waals surface area contributed by atoms with E-state index in [0.717, 1.165) is 18.5 Å². The van der Waals surface area contributed by atoms with E-state index < -0.39 is 0 Å². The van der Waals surface area contributed by atoms with Gasteiger partial charge in [0, 0.05) is 11.1 Å². The second kappa shape index (κ2) is 6.48. The summed E-state index contributed by atoms with van der Waals surface area (Å²) >= 11 is 0. The standard InChI is InChI=1S/C21H20N2O2/c1-25-19-8-3-2-7-18(19)23-20(24)13-22-17-12-11-15-10-9-14-5-4-6-16(17)21(14)15/h2-8,11-12,22H,9-10,13H2,1H3,(H,23,24). The van der Waals surface area contributed by atoms with Gasteiger partial charge < -0.3 is 15.4 Å². The van der Waals surface area contributed by atoms with Crippen LogP contribution in [0.5, 0.6) is 5.75 Å². The number of para-hydroxylation sites is 2. The highest BCUT2D eigenvalue weighted by molar-refractivity contribution is 6.01. The topological polar surface area (TPSA) is 50.4 Å². The van der Waals surface area contributed by atoms with Gasteiger partial charge in [0.2, 0.25) is 5.91 Å². The van der Waals surface area contributed by atoms with Crippen molar-refractivity contribution < 1.29 is 9.53 Å². The van der Waals surface area contributed by atoms with Crippen LogP contribution in [0.4, 0.5) is 11.4 Å². The molecular weight excluding hydrogens is 312 g/mol. The van der Waals surface area contributed by atoms with Crippen LogP contribution in [0.2, 0.25) is 0 Å². The first-order chi connectivity index (χ1) is 12.3. The van der Waals surface area contributed by atoms with Crippen LogP contribution in [0.25, 0.3) is 10.8 Å². The minimum Gasteiger partial charge on any atom is -0.495 e. The van der Waals surface area contributed by atoms with E-state index in [1.54, 1.807) is 7.11 Å². The van der Waals surface area contributed by atoms with E-state index in [4.69, 9.17) is 4.74 Å². The zero-order valence-corrected chi connectivity index (χ0v) is 14.1. The van der Waals surface area contributed by atoms with Crippen LogP contribution in [-0.4, -0.2) is 19.6 Å². The molecule has 3 aromatic rings. The zero-order valence-electron chi connectivity index (χ0n) is 14.1. The van der Waals surface area contributed by atoms with Crippen LogP contribution in [0.1, 0.15) is 11.1 Å². The largest absolute Gasteiger partial charge is 0.495 e. The fraction of sp³-hybridized carbons (Fsp3) is 0.190. The highest BCUT2D eigenvalue weighted by Gasteiger charge is 2.16. The Labute approximate surface area is 146 Å². The maximum absolute atomic E-state index is 12.3. The van der Waals surface area contributed by atoms with E-state index in [2.05, 4.69) is 41.0 Å². The first kappa shape index (κ1) is 15.5. The number of methoxy groups -OCH3 is 1. The summed E-state index contributed by atoms with van der Waals surface area (Å²) in [4.78, 5) is 12.3. The van der Waals surface area contributed by atoms with E-state index in [-0.39, 0.29) is 12.5 Å². The maximum Gasteiger partial charge on any atom is 0.243 e. The number of benzene rings is 3. The molecule has 0 aliphatic heterocycles. The monoisotopic (exact) mass is 332 g/mol. The second-order valence-electron chi connectivity index (χ2n) is 6.21. The third kappa shape index (κ3) is 2.91. The minimum atomic E-state index is -0.104. The Bertz CT molecular complexity index is 940. The number of amides is 1. The van der Waals surface area contributed by atoms with Crippen molar-refractivity contribution in [1.82, 2.24) is 0 Å². The fourth-order valence-corrected chi connectivity index (χ4v) is 3.52. The van der Waals surface area contributed by atoms with Crippen LogP contribution < -0.4 is 15.4 Å². The summed E-state index contributed by atoms with van der Waals surface area (Å²) in [5.41, 5.74) is 4.47. The van der Waals surface area contributed by atoms with Crippen LogP contribution in [0, 0.1) is 0 Å². The number of anilines is 2. The SMILES string of the molecule is COc1ccccc1NC(=O)CNc1ccc2c3c(cccc13)CC2. The van der Waals surface area contributed by atoms with Crippen molar-refractivity contribution in [1.29, 1.82) is 0 Å². The van der Waals surface area contributed by atoms with Gasteiger partial charge in [-0.05, 0) is 47.6 Å². The van der Waals surface area contributed by atoms with E-state index >= 15 is 0 Å². The first-order valence-corrected chi connectivity index (χ1v) is 8.46. The molecule has 1 aliphatic carbocycles. The van der Waals surface area contributed by atoms with Crippen LogP contribution in [0.15, 0.2) is 54.6 Å². The Morgan fingerprint density at radius 1 is 0.960 bits per heavy atom. The number of carbonyl (C=O) groups excluding carboxylic acids is 1. The van der Waals surface area contributed by atoms with Crippen molar-refractivity contribution >= 4 is 28.1 Å². The van der Waals surface area contributed by atoms with Crippen molar-refractivity contribution in [2.75, 3.05) is 24.3 Å². The number of hydrogen-bond acceptors (Lipinski definition) is 3. The predicted molar refractivity (Wildman–Crippen MR) is 101 cm³/mol. The molecule has 0 heterocycles. The Morgan fingerprint density at radius 2 is 1.76 bits per heavy atom. The van der Waals surface area contributed by atoms with Gasteiger partial charge in [-0.25, -0.2) is 0 Å². The van der Waals surface area contributed by atoms with Gasteiger partial charge in [0.05, 0.1) is 19.3 Å². The Balaban J connectivity index is 1.50. The van der Waals surface area contributed by atoms with Gasteiger partial charge in [-0.1, -0.05) is 36.4 Å². The number of aryl methyl sites for hydroxylation is 2. The van der Waals surface area contributed by atoms with Crippen molar-refractivity contribution in [2.45, 2.75) is 12.8 Å². The molecule has 1 aliphatic rings. The lowest BCUT2D eigenvalue weighted by Crippen LogP contribution is -2.22. The summed E-state index contributed by atoms with van der Waals surface area (Å²) in [6, 6.07) is 18.0. The molecule has 0 saturated carbocycles. The molecule has 25 heavy (non-hydrogen) atoms. The highest BCUT2D eigenvalue weighted by Crippen LogP contribution is 2.34. The normalized spacial score (nSPS) is 12.2. The molecule has 3 aromatic carbocycles. The van der Waals surface area contributed by atoms with E-state index in [1.165, 1.54) is 21.9 Å². The average molecular weight is 332 g/mol. The number of nitrogens with one attached hydrogen (secondary N) is 2. The van der Waals surface area contributed by atoms with Gasteiger partial charge >= 0.3 is 0 Å². The average Bonchev–Trinajstić information content (AvgIpc) is 3.07. The lowest BCUT2D eigenvalue weighted by Gasteiger charge is -2.13. The van der Waals surface area contributed by atoms with Gasteiger partial charge in [-0.15, -0.1) is 0 Å². The van der Waals surface area contributed by atoms with Crippen LogP contribution in [0.3, 0.4) is 0 Å². The smallest absolute Gasteiger partial charge is 0.243 e. The number of carbonyl (C=O) groups is 1. The van der Waals surface area contributed by atoms with Gasteiger partial charge in [-0.2, -0.15) is 0 Å². The highest BCUT2D eigenvalue weighted by atomic mass is 16.5. The molecule has 2 N–H and O–H groups in total. The molecule has 0 saturated heterocycles. The lowest BCUT2D eigenvalue weighted by atomic mass is 10.0. The molecule has 4 rings (SSSR count). The molecule has 0 atom stereocenters. The molecule has 0 spiro atoms. The Kier molecular flexibility index (Phi) is 4.02. The fourth-order valence-electron chi connectivity index (χ4n) is 3.52. The van der Waals surface area contributed by atoms with Gasteiger partial charge in [0.1, 0.15) is 5.75 Å². The van der Waals surface area contributed by atoms with Crippen molar-refractivity contribution in [3.05, 3.63) is 65.7 Å². The molecular formula is C21H20N2O2. The van der Waals surface area contributed by atoms with Crippen LogP contribution in [-0.2, 0) is 17.6 Å². The molecule has 0 radical (unpaired) electrons. The Hall–Kier alpha value is -3.01. The number of hydrogen-bond donors (Lipinski definition) is 2. The molecule has 4 nitrogen and oxygen atoms in total. The molecule has 4 heteroatoms. The molecule has 0 unspecified atom stereocenters. The molecule has 1 amide bonds. The minimum absolute atomic E-state index is 0.104. The third-order valence-electron chi connectivity index (χ3n) is 4.70. The summed E-state index contributed by atoms with van der Waals surface area (Å²) in [6.45, 7) is 0.205. The third-order valence-corrected chi connectivity index (χ3v) is 4.70. The summed E-state index contributed by atoms with van der Waals surface area (Å²) in [5.74, 6) is 0.550. The number of ether oxygens (including phenoxy) is 1. The Morgan fingerprint density at radius 3 is 2.60 bits per heavy atom. The van der Waals surface area contributed by atoms with Crippen molar-refractivity contribution in [3.8, 4) is 5.75 Å². The summed E-state index contributed by atoms with van der Waals surface area (Å²) in [6.07, 6.45) is 2.20. The van der Waals surface area contributed by atoms with Gasteiger partial charge in [0.15, 0.2) is 0 Å². The second-order valence-corrected chi connectivity index (χ2v) is 6.21. The quantitative estimate of drug-likeness (QED) is 0.742. The molecule has 0 aromatic heterocycles. The van der Waals surface area contributed by atoms with Gasteiger partial charge in [0.25, 0.3) is 0 Å². The van der Waals surface area contributed by atoms with E-state index in [1.807, 2.05) is 24.3 Å². The lowest BCUT2D eigenvalue weighted by molar-refractivity contribution is -0.114. The van der Waals surface area contributed by atoms with Crippen molar-refractivity contribution in [2.24, 2.45) is 0 Å². The van der Waals surface area contributed by atoms with Gasteiger partial charge in [-0.3, -0.25) is 4.79 Å². The molecule has 126 valence electrons. The summed E-state index contributed by atoms with van der Waals surface area (Å²) in [5, 5.41) is 8.70. The first-order valence-electron chi connectivity index (χ1n) is 8.46. The van der Waals surface area contributed by atoms with Crippen molar-refractivity contribution in [3.63, 3.8) is 0 Å². The van der Waals surface area contributed by atoms with E-state index in [0.29, 0.717) is 11.4 Å². The molecule has 0 fully saturated rings. The number of rotatable bonds is 5. The zero-order chi connectivity index (χ0) is 17.2. The van der Waals surface area contributed by atoms with Crippen LogP contribution >= 0.6 is 0 Å². The summed E-state index contributed by atoms with van der Waals surface area (Å²) < 4.78 is 5.26. The summed E-state index contributed by atoms with van der Waals surface area (Å²) in [7, 11) is 1.59.